The number of hydrogen-bond acceptors (Lipinski definition) is 2. The molecule has 0 aliphatic carbocycles. The second-order valence-electron chi connectivity index (χ2n) is 5.26. The molecule has 2 N–H and O–H groups in total. The molecule has 3 nitrogen and oxygen atoms in total. The van der Waals surface area contributed by atoms with Gasteiger partial charge in [0.1, 0.15) is 0 Å². The Balaban J connectivity index is 2.58. The van der Waals surface area contributed by atoms with Crippen LogP contribution >= 0.6 is 0 Å². The predicted molar refractivity (Wildman–Crippen MR) is 82.5 cm³/mol. The van der Waals surface area contributed by atoms with Crippen LogP contribution in [0.5, 0.6) is 0 Å². The average Bonchev–Trinajstić information content (AvgIpc) is 2.40. The lowest BCUT2D eigenvalue weighted by Crippen LogP contribution is -2.19. The van der Waals surface area contributed by atoms with Gasteiger partial charge in [-0.3, -0.25) is 4.79 Å². The molecule has 0 heterocycles. The molecule has 1 amide bonds. The van der Waals surface area contributed by atoms with Crippen LogP contribution < -0.4 is 10.6 Å². The van der Waals surface area contributed by atoms with Gasteiger partial charge in [-0.05, 0) is 37.1 Å². The highest BCUT2D eigenvalue weighted by Gasteiger charge is 2.07. The molecule has 0 aliphatic heterocycles. The van der Waals surface area contributed by atoms with Crippen LogP contribution in [0.1, 0.15) is 47.0 Å². The van der Waals surface area contributed by atoms with Gasteiger partial charge < -0.3 is 10.6 Å². The molecule has 0 saturated heterocycles. The van der Waals surface area contributed by atoms with E-state index < -0.39 is 0 Å². The van der Waals surface area contributed by atoms with E-state index >= 15 is 0 Å². The van der Waals surface area contributed by atoms with Crippen LogP contribution in [-0.2, 0) is 4.79 Å². The summed E-state index contributed by atoms with van der Waals surface area (Å²) in [6, 6.07) is 8.46. The lowest BCUT2D eigenvalue weighted by atomic mass is 10.1. The van der Waals surface area contributed by atoms with Gasteiger partial charge in [0.25, 0.3) is 0 Å². The molecule has 1 atom stereocenters. The van der Waals surface area contributed by atoms with Gasteiger partial charge >= 0.3 is 0 Å². The smallest absolute Gasteiger partial charge is 0.226 e. The Morgan fingerprint density at radius 3 is 2.16 bits per heavy atom. The van der Waals surface area contributed by atoms with Crippen molar-refractivity contribution in [1.82, 2.24) is 0 Å². The van der Waals surface area contributed by atoms with E-state index in [1.807, 2.05) is 38.1 Å². The summed E-state index contributed by atoms with van der Waals surface area (Å²) in [5.41, 5.74) is 1.97. The first-order valence-corrected chi connectivity index (χ1v) is 7.24. The molecule has 0 bridgehead atoms. The number of nitrogens with one attached hydrogen (secondary N) is 2. The Morgan fingerprint density at radius 1 is 1.11 bits per heavy atom. The Bertz CT molecular complexity index is 384. The van der Waals surface area contributed by atoms with E-state index in [1.54, 1.807) is 0 Å². The highest BCUT2D eigenvalue weighted by atomic mass is 16.1. The normalized spacial score (nSPS) is 12.3. The third-order valence-corrected chi connectivity index (χ3v) is 3.18. The van der Waals surface area contributed by atoms with Crippen molar-refractivity contribution in [2.45, 2.75) is 53.0 Å². The summed E-state index contributed by atoms with van der Waals surface area (Å²) in [5, 5.41) is 6.41. The van der Waals surface area contributed by atoms with E-state index in [0.29, 0.717) is 6.04 Å². The number of benzene rings is 1. The maximum Gasteiger partial charge on any atom is 0.226 e. The minimum Gasteiger partial charge on any atom is -0.382 e. The molecule has 106 valence electrons. The van der Waals surface area contributed by atoms with E-state index in [2.05, 4.69) is 24.5 Å². The molecular formula is C16H26N2O. The number of hydrogen-bond donors (Lipinski definition) is 2. The van der Waals surface area contributed by atoms with Crippen LogP contribution in [0.15, 0.2) is 24.3 Å². The molecule has 1 aromatic rings. The molecular weight excluding hydrogens is 236 g/mol. The highest BCUT2D eigenvalue weighted by molar-refractivity contribution is 5.92. The van der Waals surface area contributed by atoms with Gasteiger partial charge in [-0.2, -0.15) is 0 Å². The van der Waals surface area contributed by atoms with Crippen molar-refractivity contribution in [3.63, 3.8) is 0 Å². The van der Waals surface area contributed by atoms with E-state index in [1.165, 1.54) is 12.8 Å². The molecule has 0 aromatic heterocycles. The summed E-state index contributed by atoms with van der Waals surface area (Å²) in [7, 11) is 0. The average molecular weight is 262 g/mol. The molecule has 0 aliphatic rings. The van der Waals surface area contributed by atoms with Gasteiger partial charge in [-0.25, -0.2) is 0 Å². The molecule has 0 spiro atoms. The maximum atomic E-state index is 11.6. The van der Waals surface area contributed by atoms with Crippen molar-refractivity contribution in [3.8, 4) is 0 Å². The number of carbonyl (C=O) groups excluding carboxylic acids is 1. The maximum absolute atomic E-state index is 11.6. The second-order valence-corrected chi connectivity index (χ2v) is 5.26. The summed E-state index contributed by atoms with van der Waals surface area (Å²) < 4.78 is 0. The molecule has 0 radical (unpaired) electrons. The summed E-state index contributed by atoms with van der Waals surface area (Å²) in [5.74, 6) is 0.0601. The molecule has 3 heteroatoms. The fraction of sp³-hybridized carbons (Fsp3) is 0.562. The molecule has 0 fully saturated rings. The minimum absolute atomic E-state index is 0.00632. The van der Waals surface area contributed by atoms with E-state index in [0.717, 1.165) is 17.8 Å². The monoisotopic (exact) mass is 262 g/mol. The van der Waals surface area contributed by atoms with Crippen molar-refractivity contribution in [2.24, 2.45) is 5.92 Å². The van der Waals surface area contributed by atoms with Crippen LogP contribution in [0, 0.1) is 5.92 Å². The van der Waals surface area contributed by atoms with Gasteiger partial charge in [0.15, 0.2) is 0 Å². The Kier molecular flexibility index (Phi) is 6.40. The van der Waals surface area contributed by atoms with Crippen LogP contribution in [0.25, 0.3) is 0 Å². The molecule has 19 heavy (non-hydrogen) atoms. The third-order valence-electron chi connectivity index (χ3n) is 3.18. The van der Waals surface area contributed by atoms with Crippen LogP contribution in [0.2, 0.25) is 0 Å². The van der Waals surface area contributed by atoms with Crippen LogP contribution in [0.3, 0.4) is 0 Å². The molecule has 1 rings (SSSR count). The van der Waals surface area contributed by atoms with Crippen molar-refractivity contribution < 1.29 is 4.79 Å². The van der Waals surface area contributed by atoms with Gasteiger partial charge in [-0.15, -0.1) is 0 Å². The Hall–Kier alpha value is -1.51. The van der Waals surface area contributed by atoms with Crippen molar-refractivity contribution in [2.75, 3.05) is 10.6 Å². The van der Waals surface area contributed by atoms with Crippen molar-refractivity contribution >= 4 is 17.3 Å². The summed E-state index contributed by atoms with van der Waals surface area (Å²) in [6.07, 6.45) is 3.50. The first kappa shape index (κ1) is 15.5. The topological polar surface area (TPSA) is 41.1 Å². The Morgan fingerprint density at radius 2 is 1.68 bits per heavy atom. The van der Waals surface area contributed by atoms with Crippen LogP contribution in [-0.4, -0.2) is 11.9 Å². The number of amides is 1. The fourth-order valence-corrected chi connectivity index (χ4v) is 1.90. The molecule has 1 unspecified atom stereocenters. The summed E-state index contributed by atoms with van der Waals surface area (Å²) in [4.78, 5) is 11.6. The third kappa shape index (κ3) is 5.33. The van der Waals surface area contributed by atoms with Gasteiger partial charge in [0.2, 0.25) is 5.91 Å². The SMILES string of the molecule is CCCC(CC)Nc1ccc(NC(=O)C(C)C)cc1. The number of rotatable bonds is 7. The first-order chi connectivity index (χ1) is 9.06. The van der Waals surface area contributed by atoms with Gasteiger partial charge in [-0.1, -0.05) is 34.1 Å². The zero-order valence-corrected chi connectivity index (χ0v) is 12.5. The molecule has 0 saturated carbocycles. The first-order valence-electron chi connectivity index (χ1n) is 7.24. The zero-order valence-electron chi connectivity index (χ0n) is 12.5. The minimum atomic E-state index is 0.00632. The van der Waals surface area contributed by atoms with Crippen molar-refractivity contribution in [3.05, 3.63) is 24.3 Å². The predicted octanol–water partition coefficient (Wildman–Crippen LogP) is 4.27. The Labute approximate surface area is 116 Å². The fourth-order valence-electron chi connectivity index (χ4n) is 1.90. The summed E-state index contributed by atoms with van der Waals surface area (Å²) >= 11 is 0. The lowest BCUT2D eigenvalue weighted by Gasteiger charge is -2.17. The van der Waals surface area contributed by atoms with E-state index in [9.17, 15) is 4.79 Å². The van der Waals surface area contributed by atoms with E-state index in [-0.39, 0.29) is 11.8 Å². The zero-order chi connectivity index (χ0) is 14.3. The largest absolute Gasteiger partial charge is 0.382 e. The number of anilines is 2. The highest BCUT2D eigenvalue weighted by Crippen LogP contribution is 2.17. The van der Waals surface area contributed by atoms with Crippen LogP contribution in [0.4, 0.5) is 11.4 Å². The summed E-state index contributed by atoms with van der Waals surface area (Å²) in [6.45, 7) is 8.18. The standard InChI is InChI=1S/C16H26N2O/c1-5-7-13(6-2)17-14-8-10-15(11-9-14)18-16(19)12(3)4/h8-13,17H,5-7H2,1-4H3,(H,18,19). The lowest BCUT2D eigenvalue weighted by molar-refractivity contribution is -0.118. The van der Waals surface area contributed by atoms with Gasteiger partial charge in [0, 0.05) is 23.3 Å². The van der Waals surface area contributed by atoms with Crippen molar-refractivity contribution in [1.29, 1.82) is 0 Å². The van der Waals surface area contributed by atoms with E-state index in [4.69, 9.17) is 0 Å². The quantitative estimate of drug-likeness (QED) is 0.770. The van der Waals surface area contributed by atoms with Gasteiger partial charge in [0.05, 0.1) is 0 Å². The number of carbonyl (C=O) groups is 1. The molecule has 1 aromatic carbocycles. The second kappa shape index (κ2) is 7.82.